The van der Waals surface area contributed by atoms with Crippen LogP contribution in [0.5, 0.6) is 0 Å². The molecule has 0 saturated carbocycles. The molecule has 0 aliphatic rings. The zero-order valence-corrected chi connectivity index (χ0v) is 37.4. The lowest BCUT2D eigenvalue weighted by Gasteiger charge is -2.24. The van der Waals surface area contributed by atoms with E-state index in [0.29, 0.717) is 24.1 Å². The Morgan fingerprint density at radius 2 is 0.965 bits per heavy atom. The van der Waals surface area contributed by atoms with Crippen molar-refractivity contribution in [3.05, 3.63) is 109 Å². The minimum absolute atomic E-state index is 0.0688. The van der Waals surface area contributed by atoms with Crippen LogP contribution in [-0.2, 0) is 27.9 Å². The van der Waals surface area contributed by atoms with Gasteiger partial charge in [0.05, 0.1) is 34.4 Å². The zero-order valence-electron chi connectivity index (χ0n) is 36.5. The highest BCUT2D eigenvalue weighted by atomic mass is 31.2. The zero-order chi connectivity index (χ0) is 42.0. The SMILES string of the molecule is CC/C=C\C/C=C\C/C=C\C/C=C\C/C=C\C/C=C\CCCCCOCC(COP(=O)(O)OCC[N+](C)(C)C)OC(=O)CCCCC/C=C\C/C=C\C/C=C\CC. The minimum Gasteiger partial charge on any atom is -0.457 e. The molecule has 324 valence electrons. The summed E-state index contributed by atoms with van der Waals surface area (Å²) in [7, 11) is 1.60. The van der Waals surface area contributed by atoms with E-state index in [0.717, 1.165) is 103 Å². The van der Waals surface area contributed by atoms with Gasteiger partial charge in [-0.15, -0.1) is 0 Å². The summed E-state index contributed by atoms with van der Waals surface area (Å²) in [6.45, 7) is 5.22. The predicted octanol–water partition coefficient (Wildman–Crippen LogP) is 12.8. The van der Waals surface area contributed by atoms with Crippen molar-refractivity contribution in [3.63, 3.8) is 0 Å². The van der Waals surface area contributed by atoms with E-state index in [1.54, 1.807) is 0 Å². The summed E-state index contributed by atoms with van der Waals surface area (Å²) in [5, 5.41) is 0. The standard InChI is InChI=1S/C48H80NO7P/c1-6-8-10-12-14-16-18-20-21-22-23-24-25-26-27-28-30-32-34-36-38-40-43-53-45-47(46-55-57(51,52)54-44-42-49(3,4)5)56-48(50)41-39-37-35-33-31-29-19-17-15-13-11-9-7-2/h8-11,14-17,20-21,23-24,26-27,29-32,47H,6-7,12-13,18-19,22,25,28,33-46H2,1-5H3/p+1/b10-8-,11-9-,16-14-,17-15-,21-20-,24-23-,27-26-,31-29-,32-30-. The van der Waals surface area contributed by atoms with Crippen LogP contribution in [0.2, 0.25) is 0 Å². The van der Waals surface area contributed by atoms with Gasteiger partial charge in [-0.1, -0.05) is 136 Å². The van der Waals surface area contributed by atoms with E-state index in [9.17, 15) is 14.3 Å². The summed E-state index contributed by atoms with van der Waals surface area (Å²) in [6, 6.07) is 0. The van der Waals surface area contributed by atoms with Gasteiger partial charge in [-0.25, -0.2) is 4.57 Å². The van der Waals surface area contributed by atoms with Crippen molar-refractivity contribution in [1.29, 1.82) is 0 Å². The van der Waals surface area contributed by atoms with Crippen LogP contribution >= 0.6 is 7.82 Å². The van der Waals surface area contributed by atoms with E-state index < -0.39 is 13.9 Å². The highest BCUT2D eigenvalue weighted by molar-refractivity contribution is 7.47. The Hall–Kier alpha value is -2.84. The number of allylic oxidation sites excluding steroid dienone is 18. The predicted molar refractivity (Wildman–Crippen MR) is 242 cm³/mol. The molecule has 57 heavy (non-hydrogen) atoms. The Kier molecular flexibility index (Phi) is 38.0. The maximum absolute atomic E-state index is 12.7. The van der Waals surface area contributed by atoms with E-state index in [4.69, 9.17) is 18.5 Å². The molecule has 1 N–H and O–H groups in total. The lowest BCUT2D eigenvalue weighted by molar-refractivity contribution is -0.870. The summed E-state index contributed by atoms with van der Waals surface area (Å²) >= 11 is 0. The Morgan fingerprint density at radius 3 is 1.40 bits per heavy atom. The highest BCUT2D eigenvalue weighted by Gasteiger charge is 2.26. The van der Waals surface area contributed by atoms with Gasteiger partial charge >= 0.3 is 13.8 Å². The number of carbonyl (C=O) groups excluding carboxylic acids is 1. The molecule has 0 fully saturated rings. The number of carbonyl (C=O) groups is 1. The molecule has 0 aromatic heterocycles. The summed E-state index contributed by atoms with van der Waals surface area (Å²) in [6.07, 6.45) is 55.6. The molecule has 0 aliphatic carbocycles. The number of quaternary nitrogens is 1. The smallest absolute Gasteiger partial charge is 0.457 e. The highest BCUT2D eigenvalue weighted by Crippen LogP contribution is 2.43. The lowest BCUT2D eigenvalue weighted by Crippen LogP contribution is -2.37. The number of unbranched alkanes of at least 4 members (excludes halogenated alkanes) is 6. The van der Waals surface area contributed by atoms with Crippen molar-refractivity contribution in [3.8, 4) is 0 Å². The molecule has 0 aliphatic heterocycles. The summed E-state index contributed by atoms with van der Waals surface area (Å²) in [5.41, 5.74) is 0. The number of hydrogen-bond acceptors (Lipinski definition) is 6. The second-order valence-electron chi connectivity index (χ2n) is 15.0. The van der Waals surface area contributed by atoms with Gasteiger partial charge < -0.3 is 18.9 Å². The third kappa shape index (κ3) is 44.1. The van der Waals surface area contributed by atoms with Crippen LogP contribution in [0.1, 0.15) is 129 Å². The van der Waals surface area contributed by atoms with E-state index in [-0.39, 0.29) is 32.2 Å². The molecule has 2 atom stereocenters. The summed E-state index contributed by atoms with van der Waals surface area (Å²) in [5.74, 6) is -0.361. The molecule has 8 nitrogen and oxygen atoms in total. The van der Waals surface area contributed by atoms with Crippen molar-refractivity contribution in [1.82, 2.24) is 0 Å². The normalized spacial score (nSPS) is 14.8. The number of hydrogen-bond donors (Lipinski definition) is 1. The minimum atomic E-state index is -4.30. The molecule has 0 radical (unpaired) electrons. The molecule has 0 aromatic rings. The second-order valence-corrected chi connectivity index (χ2v) is 16.4. The van der Waals surface area contributed by atoms with E-state index in [1.165, 1.54) is 0 Å². The molecule has 0 saturated heterocycles. The first-order chi connectivity index (χ1) is 27.6. The van der Waals surface area contributed by atoms with E-state index in [1.807, 2.05) is 21.1 Å². The van der Waals surface area contributed by atoms with Gasteiger partial charge in [-0.2, -0.15) is 0 Å². The Labute approximate surface area is 349 Å². The average molecular weight is 815 g/mol. The number of phosphoric ester groups is 1. The van der Waals surface area contributed by atoms with Crippen LogP contribution in [0.15, 0.2) is 109 Å². The Morgan fingerprint density at radius 1 is 0.544 bits per heavy atom. The number of phosphoric acid groups is 1. The van der Waals surface area contributed by atoms with Crippen LogP contribution in [0.4, 0.5) is 0 Å². The molecule has 9 heteroatoms. The van der Waals surface area contributed by atoms with Crippen molar-refractivity contribution in [2.24, 2.45) is 0 Å². The number of rotatable bonds is 38. The molecule has 0 aromatic carbocycles. The monoisotopic (exact) mass is 815 g/mol. The maximum Gasteiger partial charge on any atom is 0.472 e. The van der Waals surface area contributed by atoms with Gasteiger partial charge in [0.25, 0.3) is 0 Å². The first kappa shape index (κ1) is 54.2. The first-order valence-corrected chi connectivity index (χ1v) is 23.1. The number of ether oxygens (including phenoxy) is 2. The van der Waals surface area contributed by atoms with Gasteiger partial charge in [0.2, 0.25) is 0 Å². The number of esters is 1. The van der Waals surface area contributed by atoms with Gasteiger partial charge in [-0.05, 0) is 96.3 Å². The fourth-order valence-corrected chi connectivity index (χ4v) is 5.78. The van der Waals surface area contributed by atoms with Crippen LogP contribution in [-0.4, -0.2) is 75.6 Å². The Balaban J connectivity index is 4.36. The number of likely N-dealkylation sites (N-methyl/N-ethyl adjacent to an activating group) is 1. The number of nitrogens with zero attached hydrogens (tertiary/aromatic N) is 1. The van der Waals surface area contributed by atoms with E-state index >= 15 is 0 Å². The van der Waals surface area contributed by atoms with E-state index in [2.05, 4.69) is 123 Å². The molecular weight excluding hydrogens is 734 g/mol. The summed E-state index contributed by atoms with van der Waals surface area (Å²) in [4.78, 5) is 22.8. The van der Waals surface area contributed by atoms with Gasteiger partial charge in [0.15, 0.2) is 0 Å². The quantitative estimate of drug-likeness (QED) is 0.0218. The molecule has 0 spiro atoms. The van der Waals surface area contributed by atoms with Crippen molar-refractivity contribution in [2.45, 2.75) is 136 Å². The molecule has 0 rings (SSSR count). The van der Waals surface area contributed by atoms with Crippen molar-refractivity contribution < 1.29 is 37.3 Å². The van der Waals surface area contributed by atoms with Crippen LogP contribution in [0.25, 0.3) is 0 Å². The van der Waals surface area contributed by atoms with Crippen LogP contribution in [0.3, 0.4) is 0 Å². The molecule has 2 unspecified atom stereocenters. The largest absolute Gasteiger partial charge is 0.472 e. The van der Waals surface area contributed by atoms with Crippen molar-refractivity contribution in [2.75, 3.05) is 54.1 Å². The molecule has 0 bridgehead atoms. The van der Waals surface area contributed by atoms with Gasteiger partial charge in [0, 0.05) is 13.0 Å². The van der Waals surface area contributed by atoms with Crippen LogP contribution in [0, 0.1) is 0 Å². The third-order valence-electron chi connectivity index (χ3n) is 8.33. The maximum atomic E-state index is 12.7. The topological polar surface area (TPSA) is 91.3 Å². The molecule has 0 amide bonds. The lowest BCUT2D eigenvalue weighted by atomic mass is 10.1. The third-order valence-corrected chi connectivity index (χ3v) is 9.31. The first-order valence-electron chi connectivity index (χ1n) is 21.6. The van der Waals surface area contributed by atoms with Crippen molar-refractivity contribution >= 4 is 13.8 Å². The van der Waals surface area contributed by atoms with Gasteiger partial charge in [0.1, 0.15) is 19.3 Å². The van der Waals surface area contributed by atoms with Crippen LogP contribution < -0.4 is 0 Å². The summed E-state index contributed by atoms with van der Waals surface area (Å²) < 4.78 is 34.9. The molecular formula is C48H81NO7P+. The molecule has 0 heterocycles. The fraction of sp³-hybridized carbons (Fsp3) is 0.604. The Bertz CT molecular complexity index is 1270. The average Bonchev–Trinajstić information content (AvgIpc) is 3.16. The van der Waals surface area contributed by atoms with Gasteiger partial charge in [-0.3, -0.25) is 13.8 Å². The fourth-order valence-electron chi connectivity index (χ4n) is 5.04. The second kappa shape index (κ2) is 40.0.